The number of nitrogens with zero attached hydrogens (tertiary/aromatic N) is 4. The van der Waals surface area contributed by atoms with Gasteiger partial charge in [0.05, 0.1) is 24.4 Å². The molecule has 0 unspecified atom stereocenters. The van der Waals surface area contributed by atoms with E-state index in [1.807, 2.05) is 22.2 Å². The standard InChI is InChI=1S/C28H25F2N5O3S/c1-16-15-35-18(14-31-16)13-21(33-35)26-25(24-20(30)11-17(29)12-22(24)38-9-8-37-2)27-19(6-10-39-27)28(32-26)34-7-4-3-5-23(34)36/h3-7,10-13,16,31H,8-9,14-15H2,1-2H3/t16-/m1/s1. The predicted molar refractivity (Wildman–Crippen MR) is 145 cm³/mol. The Morgan fingerprint density at radius 3 is 2.85 bits per heavy atom. The molecule has 1 N–H and O–H groups in total. The summed E-state index contributed by atoms with van der Waals surface area (Å²) in [5.41, 5.74) is 2.09. The topological polar surface area (TPSA) is 83.2 Å². The number of ether oxygens (including phenoxy) is 2. The Hall–Kier alpha value is -3.93. The third kappa shape index (κ3) is 4.62. The van der Waals surface area contributed by atoms with E-state index in [9.17, 15) is 9.18 Å². The number of thiophene rings is 1. The van der Waals surface area contributed by atoms with Gasteiger partial charge in [-0.15, -0.1) is 11.3 Å². The van der Waals surface area contributed by atoms with E-state index in [4.69, 9.17) is 19.6 Å². The summed E-state index contributed by atoms with van der Waals surface area (Å²) in [6.07, 6.45) is 1.65. The molecular formula is C28H25F2N5O3S. The molecule has 4 aromatic heterocycles. The van der Waals surface area contributed by atoms with Crippen molar-refractivity contribution >= 4 is 21.4 Å². The molecule has 0 radical (unpaired) electrons. The van der Waals surface area contributed by atoms with E-state index in [0.717, 1.165) is 17.8 Å². The normalized spacial score (nSPS) is 15.0. The summed E-state index contributed by atoms with van der Waals surface area (Å²) in [6, 6.07) is 10.8. The van der Waals surface area contributed by atoms with Crippen LogP contribution >= 0.6 is 11.3 Å². The lowest BCUT2D eigenvalue weighted by Crippen LogP contribution is -2.36. The van der Waals surface area contributed by atoms with Crippen molar-refractivity contribution in [1.29, 1.82) is 0 Å². The quantitative estimate of drug-likeness (QED) is 0.295. The largest absolute Gasteiger partial charge is 0.490 e. The Bertz CT molecular complexity index is 1750. The Kier molecular flexibility index (Phi) is 6.71. The summed E-state index contributed by atoms with van der Waals surface area (Å²) in [4.78, 5) is 17.8. The van der Waals surface area contributed by atoms with Crippen LogP contribution in [0.4, 0.5) is 8.78 Å². The molecule has 0 amide bonds. The zero-order valence-electron chi connectivity index (χ0n) is 21.3. The number of halogens is 2. The monoisotopic (exact) mass is 549 g/mol. The molecule has 39 heavy (non-hydrogen) atoms. The number of hydrogen-bond acceptors (Lipinski definition) is 7. The summed E-state index contributed by atoms with van der Waals surface area (Å²) in [7, 11) is 1.52. The van der Waals surface area contributed by atoms with Crippen molar-refractivity contribution in [2.75, 3.05) is 20.3 Å². The average molecular weight is 550 g/mol. The van der Waals surface area contributed by atoms with E-state index < -0.39 is 11.6 Å². The highest BCUT2D eigenvalue weighted by Gasteiger charge is 2.28. The van der Waals surface area contributed by atoms with E-state index in [0.29, 0.717) is 45.9 Å². The van der Waals surface area contributed by atoms with Crippen molar-refractivity contribution in [3.05, 3.63) is 81.7 Å². The van der Waals surface area contributed by atoms with Gasteiger partial charge in [-0.05, 0) is 30.5 Å². The minimum absolute atomic E-state index is 0.0335. The van der Waals surface area contributed by atoms with Gasteiger partial charge in [-0.2, -0.15) is 5.10 Å². The molecular weight excluding hydrogens is 524 g/mol. The first-order chi connectivity index (χ1) is 18.9. The van der Waals surface area contributed by atoms with Crippen LogP contribution in [0.25, 0.3) is 38.4 Å². The van der Waals surface area contributed by atoms with Crippen LogP contribution in [0.1, 0.15) is 12.6 Å². The van der Waals surface area contributed by atoms with Crippen molar-refractivity contribution < 1.29 is 18.3 Å². The first-order valence-electron chi connectivity index (χ1n) is 12.5. The van der Waals surface area contributed by atoms with Crippen LogP contribution < -0.4 is 15.6 Å². The molecule has 0 fully saturated rings. The van der Waals surface area contributed by atoms with Gasteiger partial charge in [-0.1, -0.05) is 6.07 Å². The molecule has 1 atom stereocenters. The fourth-order valence-corrected chi connectivity index (χ4v) is 5.77. The fraction of sp³-hybridized carbons (Fsp3) is 0.250. The smallest absolute Gasteiger partial charge is 0.256 e. The van der Waals surface area contributed by atoms with Crippen molar-refractivity contribution in [2.45, 2.75) is 26.1 Å². The summed E-state index contributed by atoms with van der Waals surface area (Å²) < 4.78 is 45.1. The van der Waals surface area contributed by atoms with Gasteiger partial charge in [-0.3, -0.25) is 14.0 Å². The highest BCUT2D eigenvalue weighted by atomic mass is 32.1. The van der Waals surface area contributed by atoms with Gasteiger partial charge in [-0.25, -0.2) is 13.8 Å². The minimum atomic E-state index is -0.788. The maximum atomic E-state index is 15.7. The first kappa shape index (κ1) is 25.4. The SMILES string of the molecule is COCCOc1cc(F)cc(F)c1-c1c(-c2cc3n(n2)C[C@@H](C)NC3)nc(-n2ccccc2=O)c2ccsc12. The molecule has 0 aliphatic carbocycles. The summed E-state index contributed by atoms with van der Waals surface area (Å²) in [5, 5.41) is 10.8. The average Bonchev–Trinajstić information content (AvgIpc) is 3.56. The maximum absolute atomic E-state index is 15.7. The molecule has 6 rings (SSSR count). The Morgan fingerprint density at radius 2 is 2.03 bits per heavy atom. The minimum Gasteiger partial charge on any atom is -0.490 e. The molecule has 11 heteroatoms. The molecule has 5 aromatic rings. The molecule has 1 aromatic carbocycles. The molecule has 5 heterocycles. The summed E-state index contributed by atoms with van der Waals surface area (Å²) in [6.45, 7) is 3.69. The molecule has 200 valence electrons. The maximum Gasteiger partial charge on any atom is 0.256 e. The van der Waals surface area contributed by atoms with Crippen LogP contribution in [-0.2, 0) is 17.8 Å². The van der Waals surface area contributed by atoms with Crippen molar-refractivity contribution in [2.24, 2.45) is 0 Å². The van der Waals surface area contributed by atoms with Crippen LogP contribution in [0.3, 0.4) is 0 Å². The number of methoxy groups -OCH3 is 1. The fourth-order valence-electron chi connectivity index (χ4n) is 4.83. The molecule has 0 saturated heterocycles. The highest BCUT2D eigenvalue weighted by molar-refractivity contribution is 7.18. The number of pyridine rings is 2. The van der Waals surface area contributed by atoms with Crippen molar-refractivity contribution in [3.8, 4) is 34.1 Å². The number of aromatic nitrogens is 4. The van der Waals surface area contributed by atoms with Gasteiger partial charge in [0.25, 0.3) is 5.56 Å². The third-order valence-corrected chi connectivity index (χ3v) is 7.57. The van der Waals surface area contributed by atoms with Crippen molar-refractivity contribution in [3.63, 3.8) is 0 Å². The highest BCUT2D eigenvalue weighted by Crippen LogP contribution is 2.46. The lowest BCUT2D eigenvalue weighted by molar-refractivity contribution is 0.146. The molecule has 1 aliphatic heterocycles. The van der Waals surface area contributed by atoms with Crippen LogP contribution in [0.5, 0.6) is 5.75 Å². The van der Waals surface area contributed by atoms with Crippen LogP contribution in [0.15, 0.2) is 58.8 Å². The number of fused-ring (bicyclic) bond motifs is 2. The van der Waals surface area contributed by atoms with E-state index in [1.165, 1.54) is 29.1 Å². The predicted octanol–water partition coefficient (Wildman–Crippen LogP) is 4.77. The number of hydrogen-bond donors (Lipinski definition) is 1. The van der Waals surface area contributed by atoms with Crippen LogP contribution in [0, 0.1) is 11.6 Å². The molecule has 1 aliphatic rings. The van der Waals surface area contributed by atoms with Crippen LogP contribution in [0.2, 0.25) is 0 Å². The zero-order valence-corrected chi connectivity index (χ0v) is 22.1. The molecule has 8 nitrogen and oxygen atoms in total. The van der Waals surface area contributed by atoms with Crippen LogP contribution in [-0.4, -0.2) is 45.7 Å². The lowest BCUT2D eigenvalue weighted by Gasteiger charge is -2.21. The molecule has 0 bridgehead atoms. The number of benzene rings is 1. The Labute approximate surface area is 226 Å². The lowest BCUT2D eigenvalue weighted by atomic mass is 9.98. The first-order valence-corrected chi connectivity index (χ1v) is 13.3. The second kappa shape index (κ2) is 10.3. The van der Waals surface area contributed by atoms with Gasteiger partial charge >= 0.3 is 0 Å². The Morgan fingerprint density at radius 1 is 1.15 bits per heavy atom. The third-order valence-electron chi connectivity index (χ3n) is 6.64. The zero-order chi connectivity index (χ0) is 27.1. The number of nitrogens with one attached hydrogen (secondary N) is 1. The van der Waals surface area contributed by atoms with E-state index in [2.05, 4.69) is 12.2 Å². The van der Waals surface area contributed by atoms with Gasteiger partial charge in [0, 0.05) is 59.7 Å². The Balaban J connectivity index is 1.67. The van der Waals surface area contributed by atoms with Gasteiger partial charge < -0.3 is 14.8 Å². The summed E-state index contributed by atoms with van der Waals surface area (Å²) in [5.74, 6) is -1.11. The van der Waals surface area contributed by atoms with Gasteiger partial charge in [0.15, 0.2) is 0 Å². The van der Waals surface area contributed by atoms with E-state index in [1.54, 1.807) is 18.3 Å². The second-order valence-corrected chi connectivity index (χ2v) is 10.2. The van der Waals surface area contributed by atoms with Crippen molar-refractivity contribution in [1.82, 2.24) is 24.6 Å². The van der Waals surface area contributed by atoms with E-state index >= 15 is 4.39 Å². The van der Waals surface area contributed by atoms with Gasteiger partial charge in [0.1, 0.15) is 41.2 Å². The molecule has 0 saturated carbocycles. The van der Waals surface area contributed by atoms with E-state index in [-0.39, 0.29) is 36.1 Å². The number of rotatable bonds is 7. The second-order valence-electron chi connectivity index (χ2n) is 9.32. The van der Waals surface area contributed by atoms with Gasteiger partial charge in [0.2, 0.25) is 0 Å². The molecule has 0 spiro atoms. The summed E-state index contributed by atoms with van der Waals surface area (Å²) >= 11 is 1.37.